The topological polar surface area (TPSA) is 77.4 Å². The summed E-state index contributed by atoms with van der Waals surface area (Å²) in [6.07, 6.45) is 10.8. The molecule has 0 unspecified atom stereocenters. The van der Waals surface area contributed by atoms with Crippen molar-refractivity contribution >= 4 is 11.8 Å². The van der Waals surface area contributed by atoms with Crippen LogP contribution in [0.3, 0.4) is 0 Å². The molecule has 2 atom stereocenters. The Labute approximate surface area is 184 Å². The molecule has 1 aliphatic heterocycles. The fraction of sp³-hybridized carbons (Fsp3) is 0.625. The number of rotatable bonds is 5. The van der Waals surface area contributed by atoms with Gasteiger partial charge >= 0.3 is 0 Å². The minimum atomic E-state index is -0.184. The zero-order chi connectivity index (χ0) is 21.4. The van der Waals surface area contributed by atoms with Gasteiger partial charge in [0.2, 0.25) is 5.95 Å². The lowest BCUT2D eigenvalue weighted by Gasteiger charge is -2.39. The fourth-order valence-electron chi connectivity index (χ4n) is 5.60. The Morgan fingerprint density at radius 3 is 2.58 bits per heavy atom. The normalized spacial score (nSPS) is 25.0. The largest absolute Gasteiger partial charge is 0.393 e. The highest BCUT2D eigenvalue weighted by Crippen LogP contribution is 2.48. The third-order valence-electron chi connectivity index (χ3n) is 7.47. The molecule has 2 N–H and O–H groups in total. The molecule has 5 rings (SSSR count). The number of hydrogen-bond acceptors (Lipinski definition) is 7. The summed E-state index contributed by atoms with van der Waals surface area (Å²) in [6, 6.07) is 4.54. The first-order valence-electron chi connectivity index (χ1n) is 11.7. The van der Waals surface area contributed by atoms with E-state index in [-0.39, 0.29) is 11.5 Å². The standard InChI is InChI=1S/C24H34N6O/c1-29(2)23-27-21-20(22(28-23)26-18-3-4-19(31)15-18)5-8-24(21)9-13-30(14-10-24)16-17-6-11-25-12-7-17/h6-7,11-12,18-19,31H,3-5,8-10,13-16H2,1-2H3,(H,26,27,28)/t18-,19+/m1/s1. The van der Waals surface area contributed by atoms with Gasteiger partial charge in [0.05, 0.1) is 11.8 Å². The van der Waals surface area contributed by atoms with Crippen LogP contribution < -0.4 is 10.2 Å². The summed E-state index contributed by atoms with van der Waals surface area (Å²) in [6.45, 7) is 3.19. The van der Waals surface area contributed by atoms with Crippen LogP contribution in [0.25, 0.3) is 0 Å². The van der Waals surface area contributed by atoms with Gasteiger partial charge in [-0.25, -0.2) is 4.98 Å². The van der Waals surface area contributed by atoms with Crippen LogP contribution >= 0.6 is 0 Å². The molecule has 1 saturated heterocycles. The number of nitrogens with one attached hydrogen (secondary N) is 1. The van der Waals surface area contributed by atoms with Crippen LogP contribution in [0, 0.1) is 0 Å². The van der Waals surface area contributed by atoms with Crippen molar-refractivity contribution in [2.45, 2.75) is 69.1 Å². The molecule has 1 saturated carbocycles. The predicted molar refractivity (Wildman–Crippen MR) is 122 cm³/mol. The van der Waals surface area contributed by atoms with Gasteiger partial charge in [0.1, 0.15) is 5.82 Å². The minimum absolute atomic E-state index is 0.170. The first-order valence-corrected chi connectivity index (χ1v) is 11.7. The Bertz CT molecular complexity index is 910. The second-order valence-electron chi connectivity index (χ2n) is 9.81. The Morgan fingerprint density at radius 2 is 1.90 bits per heavy atom. The Balaban J connectivity index is 1.36. The van der Waals surface area contributed by atoms with Crippen molar-refractivity contribution in [2.75, 3.05) is 37.4 Å². The SMILES string of the molecule is CN(C)c1nc(N[C@@H]2CC[C@H](O)C2)c2c(n1)C1(CC2)CCN(Cc2ccncc2)CC1. The lowest BCUT2D eigenvalue weighted by Crippen LogP contribution is -2.41. The molecule has 2 fully saturated rings. The van der Waals surface area contributed by atoms with Gasteiger partial charge in [0.25, 0.3) is 0 Å². The summed E-state index contributed by atoms with van der Waals surface area (Å²) in [5.41, 5.74) is 4.09. The number of pyridine rings is 1. The van der Waals surface area contributed by atoms with Gasteiger partial charge in [-0.2, -0.15) is 4.98 Å². The number of anilines is 2. The molecule has 3 heterocycles. The van der Waals surface area contributed by atoms with Gasteiger partial charge in [-0.05, 0) is 75.7 Å². The van der Waals surface area contributed by atoms with Crippen LogP contribution in [0.15, 0.2) is 24.5 Å². The summed E-state index contributed by atoms with van der Waals surface area (Å²) in [5, 5.41) is 13.6. The minimum Gasteiger partial charge on any atom is -0.393 e. The maximum absolute atomic E-state index is 9.95. The first-order chi connectivity index (χ1) is 15.0. The summed E-state index contributed by atoms with van der Waals surface area (Å²) in [4.78, 5) is 18.7. The number of likely N-dealkylation sites (tertiary alicyclic amines) is 1. The van der Waals surface area contributed by atoms with Gasteiger partial charge in [0.15, 0.2) is 0 Å². The van der Waals surface area contributed by atoms with Gasteiger partial charge in [-0.3, -0.25) is 9.88 Å². The second-order valence-corrected chi connectivity index (χ2v) is 9.81. The van der Waals surface area contributed by atoms with Crippen LogP contribution in [-0.2, 0) is 18.4 Å². The molecule has 7 heteroatoms. The molecule has 2 aliphatic carbocycles. The monoisotopic (exact) mass is 422 g/mol. The summed E-state index contributed by atoms with van der Waals surface area (Å²) >= 11 is 0. The average molecular weight is 423 g/mol. The fourth-order valence-corrected chi connectivity index (χ4v) is 5.60. The van der Waals surface area contributed by atoms with E-state index in [0.29, 0.717) is 6.04 Å². The highest BCUT2D eigenvalue weighted by atomic mass is 16.3. The number of fused-ring (bicyclic) bond motifs is 2. The molecule has 3 aliphatic rings. The number of aliphatic hydroxyl groups is 1. The van der Waals surface area contributed by atoms with Crippen LogP contribution in [-0.4, -0.2) is 64.3 Å². The molecule has 2 aromatic heterocycles. The molecule has 0 aromatic carbocycles. The lowest BCUT2D eigenvalue weighted by molar-refractivity contribution is 0.150. The first kappa shape index (κ1) is 20.6. The smallest absolute Gasteiger partial charge is 0.227 e. The van der Waals surface area contributed by atoms with Crippen LogP contribution in [0.4, 0.5) is 11.8 Å². The Kier molecular flexibility index (Phi) is 5.56. The van der Waals surface area contributed by atoms with Gasteiger partial charge in [0, 0.05) is 50.1 Å². The van der Waals surface area contributed by atoms with Crippen molar-refractivity contribution < 1.29 is 5.11 Å². The van der Waals surface area contributed by atoms with Crippen molar-refractivity contribution in [3.05, 3.63) is 41.3 Å². The number of nitrogens with zero attached hydrogens (tertiary/aromatic N) is 5. The second kappa shape index (κ2) is 8.36. The Hall–Kier alpha value is -2.25. The van der Waals surface area contributed by atoms with Crippen molar-refractivity contribution in [3.8, 4) is 0 Å². The maximum atomic E-state index is 9.95. The van der Waals surface area contributed by atoms with Gasteiger partial charge in [-0.1, -0.05) is 0 Å². The van der Waals surface area contributed by atoms with E-state index in [1.165, 1.54) is 23.2 Å². The summed E-state index contributed by atoms with van der Waals surface area (Å²) in [7, 11) is 4.04. The van der Waals surface area contributed by atoms with E-state index < -0.39 is 0 Å². The molecular formula is C24H34N6O. The predicted octanol–water partition coefficient (Wildman–Crippen LogP) is 2.74. The van der Waals surface area contributed by atoms with Crippen LogP contribution in [0.1, 0.15) is 55.3 Å². The van der Waals surface area contributed by atoms with Crippen LogP contribution in [0.5, 0.6) is 0 Å². The Morgan fingerprint density at radius 1 is 1.13 bits per heavy atom. The third-order valence-corrected chi connectivity index (χ3v) is 7.47. The summed E-state index contributed by atoms with van der Waals surface area (Å²) < 4.78 is 0. The average Bonchev–Trinajstić information content (AvgIpc) is 3.34. The number of hydrogen-bond donors (Lipinski definition) is 2. The highest BCUT2D eigenvalue weighted by molar-refractivity contribution is 5.56. The quantitative estimate of drug-likeness (QED) is 0.767. The molecule has 166 valence electrons. The number of aromatic nitrogens is 3. The lowest BCUT2D eigenvalue weighted by atomic mass is 9.76. The van der Waals surface area contributed by atoms with Crippen LogP contribution in [0.2, 0.25) is 0 Å². The zero-order valence-corrected chi connectivity index (χ0v) is 18.7. The van der Waals surface area contributed by atoms with E-state index in [1.807, 2.05) is 31.4 Å². The highest BCUT2D eigenvalue weighted by Gasteiger charge is 2.44. The summed E-state index contributed by atoms with van der Waals surface area (Å²) in [5.74, 6) is 1.80. The van der Waals surface area contributed by atoms with Gasteiger partial charge in [-0.15, -0.1) is 0 Å². The number of aliphatic hydroxyl groups excluding tert-OH is 1. The molecule has 1 spiro atoms. The molecule has 0 radical (unpaired) electrons. The number of piperidine rings is 1. The van der Waals surface area contributed by atoms with E-state index in [9.17, 15) is 5.11 Å². The molecule has 31 heavy (non-hydrogen) atoms. The molecule has 7 nitrogen and oxygen atoms in total. The van der Waals surface area contributed by atoms with Crippen molar-refractivity contribution in [1.29, 1.82) is 0 Å². The van der Waals surface area contributed by atoms with Crippen molar-refractivity contribution in [1.82, 2.24) is 19.9 Å². The van der Waals surface area contributed by atoms with Crippen molar-refractivity contribution in [2.24, 2.45) is 0 Å². The maximum Gasteiger partial charge on any atom is 0.227 e. The zero-order valence-electron chi connectivity index (χ0n) is 18.7. The molecule has 2 aromatic rings. The van der Waals surface area contributed by atoms with E-state index in [1.54, 1.807) is 0 Å². The van der Waals surface area contributed by atoms with E-state index >= 15 is 0 Å². The molecular weight excluding hydrogens is 388 g/mol. The van der Waals surface area contributed by atoms with E-state index in [2.05, 4.69) is 27.3 Å². The van der Waals surface area contributed by atoms with E-state index in [4.69, 9.17) is 9.97 Å². The van der Waals surface area contributed by atoms with Gasteiger partial charge < -0.3 is 15.3 Å². The molecule has 0 amide bonds. The van der Waals surface area contributed by atoms with Crippen molar-refractivity contribution in [3.63, 3.8) is 0 Å². The molecule has 0 bridgehead atoms. The third kappa shape index (κ3) is 4.13. The van der Waals surface area contributed by atoms with E-state index in [0.717, 1.165) is 69.9 Å².